The van der Waals surface area contributed by atoms with Crippen molar-refractivity contribution in [2.45, 2.75) is 6.42 Å². The van der Waals surface area contributed by atoms with Crippen LogP contribution in [0.4, 0.5) is 5.69 Å². The molecule has 4 heteroatoms. The first-order valence-electron chi connectivity index (χ1n) is 4.19. The number of amides is 1. The van der Waals surface area contributed by atoms with Crippen molar-refractivity contribution >= 4 is 32.2 Å². The molecule has 0 fully saturated rings. The van der Waals surface area contributed by atoms with E-state index in [0.717, 1.165) is 11.3 Å². The van der Waals surface area contributed by atoms with Gasteiger partial charge in [0.25, 0.3) is 0 Å². The molecule has 0 N–H and O–H groups in total. The molecule has 72 valence electrons. The smallest absolute Gasteiger partial charge is 0.231 e. The number of carbonyl (C=O) groups is 2. The van der Waals surface area contributed by atoms with Gasteiger partial charge in [-0.05, 0) is 39.7 Å². The minimum absolute atomic E-state index is 0.0687. The summed E-state index contributed by atoms with van der Waals surface area (Å²) < 4.78 is -0.151. The molecule has 2 rings (SSSR count). The van der Waals surface area contributed by atoms with E-state index in [-0.39, 0.29) is 10.6 Å². The van der Waals surface area contributed by atoms with Gasteiger partial charge in [0.05, 0.1) is 6.42 Å². The maximum absolute atomic E-state index is 11.3. The van der Waals surface area contributed by atoms with Crippen LogP contribution in [0.1, 0.15) is 15.9 Å². The van der Waals surface area contributed by atoms with Crippen molar-refractivity contribution in [2.75, 3.05) is 11.9 Å². The molecule has 3 nitrogen and oxygen atoms in total. The molecule has 0 saturated carbocycles. The van der Waals surface area contributed by atoms with Crippen molar-refractivity contribution in [3.05, 3.63) is 29.3 Å². The Morgan fingerprint density at radius 2 is 2.21 bits per heavy atom. The number of halogens is 1. The van der Waals surface area contributed by atoms with Crippen LogP contribution < -0.4 is 4.90 Å². The first kappa shape index (κ1) is 9.40. The molecule has 0 aromatic heterocycles. The van der Waals surface area contributed by atoms with Crippen molar-refractivity contribution in [3.63, 3.8) is 0 Å². The van der Waals surface area contributed by atoms with Gasteiger partial charge in [0, 0.05) is 18.3 Å². The second kappa shape index (κ2) is 3.20. The summed E-state index contributed by atoms with van der Waals surface area (Å²) >= 11 is 2.88. The zero-order valence-corrected chi connectivity index (χ0v) is 9.17. The molecule has 1 amide bonds. The van der Waals surface area contributed by atoms with Gasteiger partial charge in [0.15, 0.2) is 0 Å². The first-order chi connectivity index (χ1) is 6.59. The third kappa shape index (κ3) is 1.35. The third-order valence-corrected chi connectivity index (χ3v) is 2.84. The fourth-order valence-electron chi connectivity index (χ4n) is 1.59. The van der Waals surface area contributed by atoms with Crippen molar-refractivity contribution in [1.82, 2.24) is 0 Å². The number of anilines is 1. The number of fused-ring (bicyclic) bond motifs is 1. The van der Waals surface area contributed by atoms with Gasteiger partial charge < -0.3 is 4.90 Å². The molecule has 0 unspecified atom stereocenters. The highest BCUT2D eigenvalue weighted by atomic mass is 79.9. The van der Waals surface area contributed by atoms with Crippen LogP contribution in [0.25, 0.3) is 0 Å². The van der Waals surface area contributed by atoms with Gasteiger partial charge in [-0.1, -0.05) is 0 Å². The Kier molecular flexibility index (Phi) is 2.15. The Bertz CT molecular complexity index is 428. The van der Waals surface area contributed by atoms with E-state index in [0.29, 0.717) is 12.0 Å². The summed E-state index contributed by atoms with van der Waals surface area (Å²) in [4.78, 5) is 24.0. The normalized spacial score (nSPS) is 14.4. The lowest BCUT2D eigenvalue weighted by molar-refractivity contribution is -0.117. The van der Waals surface area contributed by atoms with E-state index >= 15 is 0 Å². The van der Waals surface area contributed by atoms with Crippen LogP contribution in [0.2, 0.25) is 0 Å². The van der Waals surface area contributed by atoms with Gasteiger partial charge in [-0.25, -0.2) is 0 Å². The average Bonchev–Trinajstić information content (AvgIpc) is 2.42. The fourth-order valence-corrected chi connectivity index (χ4v) is 1.84. The minimum atomic E-state index is -0.151. The molecule has 1 aliphatic heterocycles. The Morgan fingerprint density at radius 3 is 2.86 bits per heavy atom. The Hall–Kier alpha value is -1.16. The lowest BCUT2D eigenvalue weighted by Gasteiger charge is -2.09. The van der Waals surface area contributed by atoms with E-state index < -0.39 is 0 Å². The lowest BCUT2D eigenvalue weighted by atomic mass is 10.1. The molecule has 0 aliphatic carbocycles. The third-order valence-electron chi connectivity index (χ3n) is 2.38. The highest BCUT2D eigenvalue weighted by molar-refractivity contribution is 9.18. The average molecular weight is 254 g/mol. The quantitative estimate of drug-likeness (QED) is 0.716. The van der Waals surface area contributed by atoms with E-state index in [4.69, 9.17) is 0 Å². The monoisotopic (exact) mass is 253 g/mol. The zero-order chi connectivity index (χ0) is 10.3. The molecule has 0 atom stereocenters. The van der Waals surface area contributed by atoms with E-state index in [1.165, 1.54) is 0 Å². The summed E-state index contributed by atoms with van der Waals surface area (Å²) in [5.41, 5.74) is 2.40. The molecule has 0 radical (unpaired) electrons. The van der Waals surface area contributed by atoms with Crippen molar-refractivity contribution in [3.8, 4) is 0 Å². The predicted molar refractivity (Wildman–Crippen MR) is 56.8 cm³/mol. The van der Waals surface area contributed by atoms with Crippen molar-refractivity contribution < 1.29 is 9.59 Å². The number of likely N-dealkylation sites (N-methyl/N-ethyl adjacent to an activating group) is 1. The predicted octanol–water partition coefficient (Wildman–Crippen LogP) is 1.74. The van der Waals surface area contributed by atoms with Crippen LogP contribution in [0, 0.1) is 0 Å². The Labute approximate surface area is 89.8 Å². The molecule has 0 bridgehead atoms. The summed E-state index contributed by atoms with van der Waals surface area (Å²) in [6.45, 7) is 0. The van der Waals surface area contributed by atoms with Gasteiger partial charge in [-0.15, -0.1) is 0 Å². The van der Waals surface area contributed by atoms with Crippen LogP contribution in [0.3, 0.4) is 0 Å². The number of rotatable bonds is 1. The number of hydrogen-bond donors (Lipinski definition) is 0. The molecule has 1 aromatic rings. The SMILES string of the molecule is CN1C(=O)Cc2cc(C(=O)Br)ccc21. The van der Waals surface area contributed by atoms with E-state index in [1.807, 2.05) is 0 Å². The number of nitrogens with zero attached hydrogens (tertiary/aromatic N) is 1. The molecule has 14 heavy (non-hydrogen) atoms. The van der Waals surface area contributed by atoms with Crippen LogP contribution in [0.5, 0.6) is 0 Å². The molecule has 0 spiro atoms. The Balaban J connectivity index is 2.49. The maximum Gasteiger partial charge on any atom is 0.231 e. The molecule has 0 saturated heterocycles. The van der Waals surface area contributed by atoms with Gasteiger partial charge in [0.1, 0.15) is 0 Å². The van der Waals surface area contributed by atoms with Crippen molar-refractivity contribution in [2.24, 2.45) is 0 Å². The summed E-state index contributed by atoms with van der Waals surface area (Å²) in [6.07, 6.45) is 0.389. The summed E-state index contributed by atoms with van der Waals surface area (Å²) in [5.74, 6) is 0.0687. The fraction of sp³-hybridized carbons (Fsp3) is 0.200. The van der Waals surface area contributed by atoms with Gasteiger partial charge in [0.2, 0.25) is 10.6 Å². The molecule has 1 heterocycles. The number of hydrogen-bond acceptors (Lipinski definition) is 2. The molecular formula is C10H8BrNO2. The summed E-state index contributed by atoms with van der Waals surface area (Å²) in [6, 6.07) is 5.27. The Morgan fingerprint density at radius 1 is 1.50 bits per heavy atom. The molecule has 1 aliphatic rings. The second-order valence-electron chi connectivity index (χ2n) is 3.25. The summed E-state index contributed by atoms with van der Waals surface area (Å²) in [7, 11) is 1.74. The van der Waals surface area contributed by atoms with Gasteiger partial charge >= 0.3 is 0 Å². The van der Waals surface area contributed by atoms with Crippen LogP contribution in [-0.2, 0) is 11.2 Å². The molecular weight excluding hydrogens is 246 g/mol. The maximum atomic E-state index is 11.3. The highest BCUT2D eigenvalue weighted by Gasteiger charge is 2.24. The number of carbonyl (C=O) groups excluding carboxylic acids is 2. The number of benzene rings is 1. The van der Waals surface area contributed by atoms with E-state index in [1.54, 1.807) is 30.1 Å². The van der Waals surface area contributed by atoms with E-state index in [2.05, 4.69) is 15.9 Å². The lowest BCUT2D eigenvalue weighted by Crippen LogP contribution is -2.20. The standard InChI is InChI=1S/C10H8BrNO2/c1-12-8-3-2-6(10(11)14)4-7(8)5-9(12)13/h2-4H,5H2,1H3. The van der Waals surface area contributed by atoms with Crippen LogP contribution in [0.15, 0.2) is 18.2 Å². The topological polar surface area (TPSA) is 37.4 Å². The van der Waals surface area contributed by atoms with Crippen LogP contribution in [-0.4, -0.2) is 17.6 Å². The highest BCUT2D eigenvalue weighted by Crippen LogP contribution is 2.28. The minimum Gasteiger partial charge on any atom is -0.315 e. The van der Waals surface area contributed by atoms with Crippen molar-refractivity contribution in [1.29, 1.82) is 0 Å². The van der Waals surface area contributed by atoms with Crippen LogP contribution >= 0.6 is 15.9 Å². The van der Waals surface area contributed by atoms with Gasteiger partial charge in [-0.2, -0.15) is 0 Å². The first-order valence-corrected chi connectivity index (χ1v) is 4.98. The molecule has 1 aromatic carbocycles. The zero-order valence-electron chi connectivity index (χ0n) is 7.58. The second-order valence-corrected chi connectivity index (χ2v) is 3.97. The largest absolute Gasteiger partial charge is 0.315 e. The van der Waals surface area contributed by atoms with Gasteiger partial charge in [-0.3, -0.25) is 9.59 Å². The van der Waals surface area contributed by atoms with E-state index in [9.17, 15) is 9.59 Å². The summed E-state index contributed by atoms with van der Waals surface area (Å²) in [5, 5.41) is 0.